The van der Waals surface area contributed by atoms with Crippen molar-refractivity contribution in [3.8, 4) is 0 Å². The maximum Gasteiger partial charge on any atom is 0.0363 e. The second-order valence-corrected chi connectivity index (χ2v) is 3.90. The van der Waals surface area contributed by atoms with E-state index in [1.54, 1.807) is 0 Å². The molecule has 0 N–H and O–H groups in total. The van der Waals surface area contributed by atoms with Gasteiger partial charge in [0.1, 0.15) is 0 Å². The summed E-state index contributed by atoms with van der Waals surface area (Å²) in [6, 6.07) is 0. The van der Waals surface area contributed by atoms with Crippen LogP contribution in [0.4, 0.5) is 0 Å². The van der Waals surface area contributed by atoms with Crippen molar-refractivity contribution in [2.24, 2.45) is 10.4 Å². The molecule has 0 saturated carbocycles. The molecule has 0 fully saturated rings. The summed E-state index contributed by atoms with van der Waals surface area (Å²) in [7, 11) is 0. The Labute approximate surface area is 82.3 Å². The summed E-state index contributed by atoms with van der Waals surface area (Å²) >= 11 is 0. The fourth-order valence-corrected chi connectivity index (χ4v) is 1.12. The van der Waals surface area contributed by atoms with E-state index in [4.69, 9.17) is 0 Å². The van der Waals surface area contributed by atoms with Gasteiger partial charge in [-0.1, -0.05) is 32.9 Å². The van der Waals surface area contributed by atoms with Crippen LogP contribution in [-0.4, -0.2) is 6.72 Å². The van der Waals surface area contributed by atoms with Crippen LogP contribution in [0.2, 0.25) is 0 Å². The van der Waals surface area contributed by atoms with Crippen LogP contribution in [0.1, 0.15) is 41.0 Å². The van der Waals surface area contributed by atoms with Gasteiger partial charge in [0.2, 0.25) is 0 Å². The molecule has 74 valence electrons. The number of rotatable bonds is 4. The first kappa shape index (κ1) is 12.2. The van der Waals surface area contributed by atoms with E-state index in [-0.39, 0.29) is 5.41 Å². The number of allylic oxidation sites excluding steroid dienone is 4. The molecule has 0 aromatic heterocycles. The summed E-state index contributed by atoms with van der Waals surface area (Å²) < 4.78 is 0. The maximum atomic E-state index is 3.96. The average Bonchev–Trinajstić information content (AvgIpc) is 2.12. The van der Waals surface area contributed by atoms with Crippen molar-refractivity contribution in [3.63, 3.8) is 0 Å². The lowest BCUT2D eigenvalue weighted by Gasteiger charge is -2.22. The van der Waals surface area contributed by atoms with E-state index < -0.39 is 0 Å². The van der Waals surface area contributed by atoms with Crippen LogP contribution in [0.5, 0.6) is 0 Å². The Hall–Kier alpha value is -0.850. The first-order chi connectivity index (χ1) is 5.95. The van der Waals surface area contributed by atoms with E-state index in [9.17, 15) is 0 Å². The lowest BCUT2D eigenvalue weighted by atomic mass is 9.83. The monoisotopic (exact) mass is 179 g/mol. The first-order valence-corrected chi connectivity index (χ1v) is 4.78. The second-order valence-electron chi connectivity index (χ2n) is 3.90. The van der Waals surface area contributed by atoms with Gasteiger partial charge in [-0.3, -0.25) is 4.99 Å². The van der Waals surface area contributed by atoms with Gasteiger partial charge in [0.25, 0.3) is 0 Å². The van der Waals surface area contributed by atoms with Crippen molar-refractivity contribution in [2.75, 3.05) is 0 Å². The molecule has 0 rings (SSSR count). The molecule has 1 nitrogen and oxygen atoms in total. The van der Waals surface area contributed by atoms with Crippen LogP contribution in [0.25, 0.3) is 0 Å². The Morgan fingerprint density at radius 3 is 2.31 bits per heavy atom. The molecular weight excluding hydrogens is 158 g/mol. The summed E-state index contributed by atoms with van der Waals surface area (Å²) in [6.07, 6.45) is 5.51. The normalized spacial score (nSPS) is 14.5. The number of aliphatic imine (C=N–C) groups is 1. The van der Waals surface area contributed by atoms with Gasteiger partial charge in [-0.15, -0.1) is 0 Å². The second kappa shape index (κ2) is 5.00. The highest BCUT2D eigenvalue weighted by Crippen LogP contribution is 2.30. The van der Waals surface area contributed by atoms with Gasteiger partial charge in [-0.05, 0) is 32.6 Å². The molecule has 0 bridgehead atoms. The van der Waals surface area contributed by atoms with Crippen molar-refractivity contribution in [3.05, 3.63) is 23.4 Å². The molecule has 0 unspecified atom stereocenters. The largest absolute Gasteiger partial charge is 0.269 e. The van der Waals surface area contributed by atoms with Crippen LogP contribution in [0, 0.1) is 5.41 Å². The molecule has 0 aliphatic rings. The summed E-state index contributed by atoms with van der Waals surface area (Å²) in [5, 5.41) is 0. The molecule has 1 heteroatoms. The van der Waals surface area contributed by atoms with Crippen LogP contribution < -0.4 is 0 Å². The van der Waals surface area contributed by atoms with Crippen molar-refractivity contribution >= 4 is 6.72 Å². The number of nitrogens with zero attached hydrogens (tertiary/aromatic N) is 1. The van der Waals surface area contributed by atoms with Crippen molar-refractivity contribution < 1.29 is 0 Å². The maximum absolute atomic E-state index is 3.96. The molecule has 0 aliphatic heterocycles. The molecule has 0 heterocycles. The Bertz CT molecular complexity index is 232. The lowest BCUT2D eigenvalue weighted by molar-refractivity contribution is 0.570. The Morgan fingerprint density at radius 1 is 1.38 bits per heavy atom. The third-order valence-corrected chi connectivity index (χ3v) is 2.52. The molecule has 0 atom stereocenters. The van der Waals surface area contributed by atoms with Crippen LogP contribution in [0.3, 0.4) is 0 Å². The highest BCUT2D eigenvalue weighted by atomic mass is 14.7. The Balaban J connectivity index is 4.82. The molecule has 0 amide bonds. The van der Waals surface area contributed by atoms with Crippen LogP contribution in [0.15, 0.2) is 28.4 Å². The van der Waals surface area contributed by atoms with Gasteiger partial charge >= 0.3 is 0 Å². The zero-order valence-electron chi connectivity index (χ0n) is 9.52. The predicted molar refractivity (Wildman–Crippen MR) is 61.1 cm³/mol. The molecule has 0 aliphatic carbocycles. The topological polar surface area (TPSA) is 12.4 Å². The van der Waals surface area contributed by atoms with Gasteiger partial charge in [0.15, 0.2) is 0 Å². The zero-order chi connectivity index (χ0) is 10.5. The summed E-state index contributed by atoms with van der Waals surface area (Å²) in [6.45, 7) is 14.2. The van der Waals surface area contributed by atoms with E-state index in [0.717, 1.165) is 12.1 Å². The van der Waals surface area contributed by atoms with E-state index in [1.165, 1.54) is 5.57 Å². The smallest absolute Gasteiger partial charge is 0.0363 e. The van der Waals surface area contributed by atoms with E-state index in [1.807, 2.05) is 6.92 Å². The minimum Gasteiger partial charge on any atom is -0.269 e. The molecular formula is C12H21N. The Kier molecular flexibility index (Phi) is 4.68. The minimum atomic E-state index is 0.0985. The number of hydrogen-bond acceptors (Lipinski definition) is 1. The standard InChI is InChI=1S/C12H21N/c1-7-8-9-12(4,5)10(2)11(3)13-6/h8-9H,6-7H2,1-5H3/b9-8?,11-10-. The Morgan fingerprint density at radius 2 is 1.92 bits per heavy atom. The van der Waals surface area contributed by atoms with Crippen molar-refractivity contribution in [1.82, 2.24) is 0 Å². The zero-order valence-corrected chi connectivity index (χ0v) is 9.52. The highest BCUT2D eigenvalue weighted by molar-refractivity contribution is 5.32. The third-order valence-electron chi connectivity index (χ3n) is 2.52. The molecule has 0 spiro atoms. The number of hydrogen-bond donors (Lipinski definition) is 0. The highest BCUT2D eigenvalue weighted by Gasteiger charge is 2.17. The summed E-state index contributed by atoms with van der Waals surface area (Å²) in [4.78, 5) is 3.96. The molecule has 0 aromatic rings. The minimum absolute atomic E-state index is 0.0985. The quantitative estimate of drug-likeness (QED) is 0.457. The average molecular weight is 179 g/mol. The van der Waals surface area contributed by atoms with Crippen LogP contribution in [-0.2, 0) is 0 Å². The summed E-state index contributed by atoms with van der Waals surface area (Å²) in [5.41, 5.74) is 2.42. The van der Waals surface area contributed by atoms with Crippen molar-refractivity contribution in [1.29, 1.82) is 0 Å². The fraction of sp³-hybridized carbons (Fsp3) is 0.583. The van der Waals surface area contributed by atoms with E-state index in [2.05, 4.69) is 51.6 Å². The molecule has 0 radical (unpaired) electrons. The summed E-state index contributed by atoms with van der Waals surface area (Å²) in [5.74, 6) is 0. The van der Waals surface area contributed by atoms with Gasteiger partial charge in [0.05, 0.1) is 0 Å². The van der Waals surface area contributed by atoms with E-state index >= 15 is 0 Å². The van der Waals surface area contributed by atoms with Gasteiger partial charge < -0.3 is 0 Å². The van der Waals surface area contributed by atoms with Gasteiger partial charge in [0, 0.05) is 11.1 Å². The third kappa shape index (κ3) is 3.58. The SMILES string of the molecule is C=N/C(C)=C(/C)C(C)(C)C=CCC. The fourth-order valence-electron chi connectivity index (χ4n) is 1.12. The van der Waals surface area contributed by atoms with Crippen LogP contribution >= 0.6 is 0 Å². The van der Waals surface area contributed by atoms with Gasteiger partial charge in [-0.2, -0.15) is 0 Å². The molecule has 0 saturated heterocycles. The van der Waals surface area contributed by atoms with E-state index in [0.29, 0.717) is 0 Å². The van der Waals surface area contributed by atoms with Gasteiger partial charge in [-0.25, -0.2) is 0 Å². The molecule has 0 aromatic carbocycles. The van der Waals surface area contributed by atoms with Crippen molar-refractivity contribution in [2.45, 2.75) is 41.0 Å². The lowest BCUT2D eigenvalue weighted by Crippen LogP contribution is -2.10. The molecule has 13 heavy (non-hydrogen) atoms. The first-order valence-electron chi connectivity index (χ1n) is 4.78. The predicted octanol–water partition coefficient (Wildman–Crippen LogP) is 3.97.